The maximum Gasteiger partial charge on any atom is 0.342 e. The monoisotopic (exact) mass is 238 g/mol. The lowest BCUT2D eigenvalue weighted by atomic mass is 10.0. The van der Waals surface area contributed by atoms with E-state index in [1.54, 1.807) is 19.9 Å². The standard InChI is InChI=1S/C13H18O4/c1-7(10(4)14)5-8(2)12-6-11(15)9(3)13(16)17-12/h5-7,10,14-15H,1-4H3/b8-5+/t7-,10+/m1/s1. The Morgan fingerprint density at radius 3 is 2.53 bits per heavy atom. The lowest BCUT2D eigenvalue weighted by Crippen LogP contribution is -2.11. The van der Waals surface area contributed by atoms with Gasteiger partial charge in [0.15, 0.2) is 0 Å². The van der Waals surface area contributed by atoms with Gasteiger partial charge in [-0.05, 0) is 26.3 Å². The van der Waals surface area contributed by atoms with Crippen LogP contribution in [0.1, 0.15) is 32.1 Å². The van der Waals surface area contributed by atoms with E-state index in [0.29, 0.717) is 11.3 Å². The predicted octanol–water partition coefficient (Wildman–Crippen LogP) is 2.07. The lowest BCUT2D eigenvalue weighted by Gasteiger charge is -2.11. The normalized spacial score (nSPS) is 15.7. The zero-order valence-corrected chi connectivity index (χ0v) is 10.5. The van der Waals surface area contributed by atoms with Gasteiger partial charge >= 0.3 is 5.63 Å². The highest BCUT2D eigenvalue weighted by atomic mass is 16.4. The van der Waals surface area contributed by atoms with E-state index in [0.717, 1.165) is 0 Å². The number of rotatable bonds is 3. The molecular formula is C13H18O4. The van der Waals surface area contributed by atoms with Crippen molar-refractivity contribution in [3.05, 3.63) is 33.9 Å². The first-order chi connectivity index (χ1) is 7.82. The second-order valence-electron chi connectivity index (χ2n) is 4.36. The third-order valence-electron chi connectivity index (χ3n) is 2.82. The van der Waals surface area contributed by atoms with Crippen molar-refractivity contribution in [1.82, 2.24) is 0 Å². The van der Waals surface area contributed by atoms with Crippen molar-refractivity contribution in [3.8, 4) is 5.75 Å². The molecule has 2 N–H and O–H groups in total. The summed E-state index contributed by atoms with van der Waals surface area (Å²) in [5.41, 5.74) is 0.369. The minimum Gasteiger partial charge on any atom is -0.507 e. The fourth-order valence-corrected chi connectivity index (χ4v) is 1.35. The number of hydrogen-bond acceptors (Lipinski definition) is 4. The minimum absolute atomic E-state index is 0.0521. The van der Waals surface area contributed by atoms with Crippen LogP contribution in [0, 0.1) is 12.8 Å². The molecule has 0 spiro atoms. The number of aromatic hydroxyl groups is 1. The van der Waals surface area contributed by atoms with Crippen LogP contribution in [-0.2, 0) is 0 Å². The van der Waals surface area contributed by atoms with E-state index in [9.17, 15) is 15.0 Å². The minimum atomic E-state index is -0.544. The van der Waals surface area contributed by atoms with E-state index < -0.39 is 11.7 Å². The molecule has 4 nitrogen and oxygen atoms in total. The molecular weight excluding hydrogens is 220 g/mol. The van der Waals surface area contributed by atoms with Gasteiger partial charge in [0.2, 0.25) is 0 Å². The molecule has 0 radical (unpaired) electrons. The van der Waals surface area contributed by atoms with Crippen molar-refractivity contribution in [2.24, 2.45) is 5.92 Å². The van der Waals surface area contributed by atoms with E-state index in [1.807, 2.05) is 6.92 Å². The third kappa shape index (κ3) is 3.20. The first-order valence-electron chi connectivity index (χ1n) is 5.53. The van der Waals surface area contributed by atoms with Gasteiger partial charge in [0.25, 0.3) is 0 Å². The first-order valence-corrected chi connectivity index (χ1v) is 5.53. The fourth-order valence-electron chi connectivity index (χ4n) is 1.35. The summed E-state index contributed by atoms with van der Waals surface area (Å²) in [7, 11) is 0. The van der Waals surface area contributed by atoms with Gasteiger partial charge in [0.05, 0.1) is 11.7 Å². The summed E-state index contributed by atoms with van der Waals surface area (Å²) >= 11 is 0. The highest BCUT2D eigenvalue weighted by molar-refractivity contribution is 5.60. The van der Waals surface area contributed by atoms with Crippen LogP contribution in [0.25, 0.3) is 5.57 Å². The largest absolute Gasteiger partial charge is 0.507 e. The van der Waals surface area contributed by atoms with Crippen molar-refractivity contribution in [3.63, 3.8) is 0 Å². The third-order valence-corrected chi connectivity index (χ3v) is 2.82. The van der Waals surface area contributed by atoms with Gasteiger partial charge in [0, 0.05) is 12.0 Å². The zero-order valence-electron chi connectivity index (χ0n) is 10.5. The van der Waals surface area contributed by atoms with Crippen LogP contribution in [-0.4, -0.2) is 16.3 Å². The summed E-state index contributed by atoms with van der Waals surface area (Å²) in [6, 6.07) is 1.41. The van der Waals surface area contributed by atoms with Gasteiger partial charge in [-0.25, -0.2) is 4.79 Å². The Labute approximate surface area is 100 Å². The van der Waals surface area contributed by atoms with Crippen molar-refractivity contribution in [2.75, 3.05) is 0 Å². The molecule has 94 valence electrons. The second-order valence-corrected chi connectivity index (χ2v) is 4.36. The van der Waals surface area contributed by atoms with Gasteiger partial charge in [-0.3, -0.25) is 0 Å². The van der Waals surface area contributed by atoms with Gasteiger partial charge < -0.3 is 14.6 Å². The molecule has 0 fully saturated rings. The van der Waals surface area contributed by atoms with Crippen LogP contribution >= 0.6 is 0 Å². The number of allylic oxidation sites excluding steroid dienone is 1. The van der Waals surface area contributed by atoms with Crippen molar-refractivity contribution in [2.45, 2.75) is 33.8 Å². The Hall–Kier alpha value is -1.55. The van der Waals surface area contributed by atoms with Crippen molar-refractivity contribution >= 4 is 5.57 Å². The molecule has 0 aliphatic rings. The molecule has 1 rings (SSSR count). The highest BCUT2D eigenvalue weighted by Gasteiger charge is 2.11. The maximum absolute atomic E-state index is 11.4. The summed E-state index contributed by atoms with van der Waals surface area (Å²) in [5.74, 6) is 0.197. The average Bonchev–Trinajstić information content (AvgIpc) is 2.24. The summed E-state index contributed by atoms with van der Waals surface area (Å²) in [4.78, 5) is 11.4. The number of aliphatic hydroxyl groups excluding tert-OH is 1. The molecule has 0 amide bonds. The Kier molecular flexibility index (Phi) is 4.12. The predicted molar refractivity (Wildman–Crippen MR) is 65.9 cm³/mol. The molecule has 0 aliphatic carbocycles. The Morgan fingerprint density at radius 2 is 2.06 bits per heavy atom. The molecule has 1 aromatic rings. The Bertz CT molecular complexity index is 483. The summed E-state index contributed by atoms with van der Waals surface area (Å²) in [6.45, 7) is 6.83. The first kappa shape index (κ1) is 13.5. The maximum atomic E-state index is 11.4. The molecule has 0 saturated heterocycles. The molecule has 2 atom stereocenters. The molecule has 0 aliphatic heterocycles. The second kappa shape index (κ2) is 5.19. The van der Waals surface area contributed by atoms with Crippen LogP contribution in [0.2, 0.25) is 0 Å². The molecule has 0 unspecified atom stereocenters. The van der Waals surface area contributed by atoms with E-state index in [4.69, 9.17) is 4.42 Å². The molecule has 0 aromatic carbocycles. The lowest BCUT2D eigenvalue weighted by molar-refractivity contribution is 0.157. The molecule has 0 bridgehead atoms. The topological polar surface area (TPSA) is 70.7 Å². The summed E-state index contributed by atoms with van der Waals surface area (Å²) in [5, 5.41) is 18.9. The van der Waals surface area contributed by atoms with E-state index in [2.05, 4.69) is 0 Å². The smallest absolute Gasteiger partial charge is 0.342 e. The van der Waals surface area contributed by atoms with E-state index >= 15 is 0 Å². The average molecular weight is 238 g/mol. The molecule has 1 aromatic heterocycles. The van der Waals surface area contributed by atoms with Crippen LogP contribution in [0.3, 0.4) is 0 Å². The summed E-state index contributed by atoms with van der Waals surface area (Å²) < 4.78 is 5.07. The SMILES string of the molecule is C/C(=C\[C@@H](C)[C@H](C)O)c1cc(O)c(C)c(=O)o1. The van der Waals surface area contributed by atoms with Crippen LogP contribution in [0.4, 0.5) is 0 Å². The summed E-state index contributed by atoms with van der Waals surface area (Å²) in [6.07, 6.45) is 1.33. The Balaban J connectivity index is 3.13. The van der Waals surface area contributed by atoms with Crippen LogP contribution in [0.15, 0.2) is 21.4 Å². The van der Waals surface area contributed by atoms with Gasteiger partial charge in [0.1, 0.15) is 11.5 Å². The van der Waals surface area contributed by atoms with Crippen LogP contribution in [0.5, 0.6) is 5.75 Å². The van der Waals surface area contributed by atoms with Gasteiger partial charge in [-0.15, -0.1) is 0 Å². The van der Waals surface area contributed by atoms with Crippen molar-refractivity contribution < 1.29 is 14.6 Å². The fraction of sp³-hybridized carbons (Fsp3) is 0.462. The van der Waals surface area contributed by atoms with E-state index in [-0.39, 0.29) is 17.2 Å². The molecule has 17 heavy (non-hydrogen) atoms. The molecule has 0 saturated carbocycles. The Morgan fingerprint density at radius 1 is 1.47 bits per heavy atom. The van der Waals surface area contributed by atoms with Gasteiger partial charge in [-0.1, -0.05) is 13.0 Å². The van der Waals surface area contributed by atoms with Crippen LogP contribution < -0.4 is 5.63 Å². The van der Waals surface area contributed by atoms with E-state index in [1.165, 1.54) is 13.0 Å². The molecule has 4 heteroatoms. The number of aliphatic hydroxyl groups is 1. The zero-order chi connectivity index (χ0) is 13.2. The highest BCUT2D eigenvalue weighted by Crippen LogP contribution is 2.21. The quantitative estimate of drug-likeness (QED) is 0.845. The molecule has 1 heterocycles. The number of hydrogen-bond donors (Lipinski definition) is 2. The van der Waals surface area contributed by atoms with Gasteiger partial charge in [-0.2, -0.15) is 0 Å². The van der Waals surface area contributed by atoms with Crippen molar-refractivity contribution in [1.29, 1.82) is 0 Å².